The maximum absolute atomic E-state index is 5.81. The normalized spacial score (nSPS) is 22.2. The van der Waals surface area contributed by atoms with E-state index in [1.165, 1.54) is 44.6 Å². The standard InChI is InChI=1S/C18H28N2O/c1-15-3-5-18(6-4-15)21-12-11-20-13-17(14-20)16-7-9-19(2)10-8-16/h3-6,16-17H,7-14H2,1-2H3. The van der Waals surface area contributed by atoms with Crippen LogP contribution >= 0.6 is 0 Å². The fourth-order valence-corrected chi connectivity index (χ4v) is 3.52. The number of nitrogens with zero attached hydrogens (tertiary/aromatic N) is 2. The lowest BCUT2D eigenvalue weighted by atomic mass is 9.80. The molecule has 0 unspecified atom stereocenters. The van der Waals surface area contributed by atoms with Crippen molar-refractivity contribution in [2.45, 2.75) is 19.8 Å². The van der Waals surface area contributed by atoms with E-state index in [0.29, 0.717) is 0 Å². The van der Waals surface area contributed by atoms with Gasteiger partial charge in [-0.15, -0.1) is 0 Å². The summed E-state index contributed by atoms with van der Waals surface area (Å²) in [6.45, 7) is 9.12. The molecule has 2 aliphatic rings. The van der Waals surface area contributed by atoms with Crippen molar-refractivity contribution in [3.8, 4) is 5.75 Å². The summed E-state index contributed by atoms with van der Waals surface area (Å²) in [5.41, 5.74) is 1.28. The van der Waals surface area contributed by atoms with Crippen molar-refractivity contribution in [1.29, 1.82) is 0 Å². The molecule has 2 fully saturated rings. The fourth-order valence-electron chi connectivity index (χ4n) is 3.52. The molecule has 0 radical (unpaired) electrons. The summed E-state index contributed by atoms with van der Waals surface area (Å²) in [5, 5.41) is 0. The lowest BCUT2D eigenvalue weighted by molar-refractivity contribution is 0.0240. The lowest BCUT2D eigenvalue weighted by Gasteiger charge is -2.45. The van der Waals surface area contributed by atoms with Crippen LogP contribution in [0.2, 0.25) is 0 Å². The molecule has 2 aliphatic heterocycles. The van der Waals surface area contributed by atoms with Crippen LogP contribution in [0.1, 0.15) is 18.4 Å². The molecule has 3 nitrogen and oxygen atoms in total. The summed E-state index contributed by atoms with van der Waals surface area (Å²) >= 11 is 0. The van der Waals surface area contributed by atoms with Crippen LogP contribution < -0.4 is 4.74 Å². The smallest absolute Gasteiger partial charge is 0.119 e. The molecule has 0 amide bonds. The van der Waals surface area contributed by atoms with Crippen LogP contribution in [0, 0.1) is 18.8 Å². The molecule has 116 valence electrons. The molecule has 0 bridgehead atoms. The quantitative estimate of drug-likeness (QED) is 0.828. The van der Waals surface area contributed by atoms with Crippen molar-refractivity contribution in [2.75, 3.05) is 46.4 Å². The number of benzene rings is 1. The Balaban J connectivity index is 1.31. The molecule has 1 aromatic carbocycles. The van der Waals surface area contributed by atoms with E-state index in [4.69, 9.17) is 4.74 Å². The Morgan fingerprint density at radius 2 is 1.71 bits per heavy atom. The molecule has 0 atom stereocenters. The Bertz CT molecular complexity index is 431. The number of piperidine rings is 1. The minimum Gasteiger partial charge on any atom is -0.492 e. The van der Waals surface area contributed by atoms with Gasteiger partial charge in [0.15, 0.2) is 0 Å². The molecule has 2 saturated heterocycles. The second-order valence-corrected chi connectivity index (χ2v) is 6.82. The largest absolute Gasteiger partial charge is 0.492 e. The van der Waals surface area contributed by atoms with Crippen molar-refractivity contribution >= 4 is 0 Å². The molecule has 0 saturated carbocycles. The average Bonchev–Trinajstić information content (AvgIpc) is 2.45. The molecule has 3 heteroatoms. The number of hydrogen-bond acceptors (Lipinski definition) is 3. The summed E-state index contributed by atoms with van der Waals surface area (Å²) in [6.07, 6.45) is 2.80. The van der Waals surface area contributed by atoms with E-state index in [1.54, 1.807) is 0 Å². The van der Waals surface area contributed by atoms with Gasteiger partial charge in [-0.05, 0) is 63.9 Å². The molecule has 1 aromatic rings. The molecule has 0 spiro atoms. The molecular weight excluding hydrogens is 260 g/mol. The lowest BCUT2D eigenvalue weighted by Crippen LogP contribution is -2.52. The SMILES string of the molecule is Cc1ccc(OCCN2CC(C3CCN(C)CC3)C2)cc1. The second kappa shape index (κ2) is 6.80. The number of likely N-dealkylation sites (tertiary alicyclic amines) is 2. The Kier molecular flexibility index (Phi) is 4.81. The molecule has 0 N–H and O–H groups in total. The Morgan fingerprint density at radius 1 is 1.05 bits per heavy atom. The maximum atomic E-state index is 5.81. The summed E-state index contributed by atoms with van der Waals surface area (Å²) in [5.74, 6) is 2.90. The number of rotatable bonds is 5. The molecule has 21 heavy (non-hydrogen) atoms. The molecular formula is C18H28N2O. The molecule has 3 rings (SSSR count). The van der Waals surface area contributed by atoms with Crippen molar-refractivity contribution in [3.05, 3.63) is 29.8 Å². The monoisotopic (exact) mass is 288 g/mol. The van der Waals surface area contributed by atoms with Gasteiger partial charge in [0.2, 0.25) is 0 Å². The van der Waals surface area contributed by atoms with Crippen molar-refractivity contribution in [3.63, 3.8) is 0 Å². The van der Waals surface area contributed by atoms with Crippen LogP contribution in [-0.2, 0) is 0 Å². The van der Waals surface area contributed by atoms with Crippen LogP contribution in [-0.4, -0.2) is 56.2 Å². The summed E-state index contributed by atoms with van der Waals surface area (Å²) in [4.78, 5) is 5.00. The summed E-state index contributed by atoms with van der Waals surface area (Å²) < 4.78 is 5.81. The van der Waals surface area contributed by atoms with Crippen LogP contribution in [0.25, 0.3) is 0 Å². The molecule has 0 aliphatic carbocycles. The van der Waals surface area contributed by atoms with Crippen LogP contribution in [0.15, 0.2) is 24.3 Å². The highest BCUT2D eigenvalue weighted by Crippen LogP contribution is 2.31. The van der Waals surface area contributed by atoms with Gasteiger partial charge in [-0.3, -0.25) is 4.90 Å². The van der Waals surface area contributed by atoms with Crippen LogP contribution in [0.5, 0.6) is 5.75 Å². The van der Waals surface area contributed by atoms with E-state index in [1.807, 2.05) is 0 Å². The first-order chi connectivity index (χ1) is 10.2. The van der Waals surface area contributed by atoms with Gasteiger partial charge in [0, 0.05) is 19.6 Å². The van der Waals surface area contributed by atoms with Gasteiger partial charge >= 0.3 is 0 Å². The van der Waals surface area contributed by atoms with Gasteiger partial charge in [0.1, 0.15) is 12.4 Å². The predicted octanol–water partition coefficient (Wildman–Crippen LogP) is 2.65. The van der Waals surface area contributed by atoms with Crippen LogP contribution in [0.4, 0.5) is 0 Å². The van der Waals surface area contributed by atoms with Gasteiger partial charge in [-0.1, -0.05) is 17.7 Å². The third-order valence-corrected chi connectivity index (χ3v) is 5.11. The van der Waals surface area contributed by atoms with Gasteiger partial charge in [-0.25, -0.2) is 0 Å². The first-order valence-corrected chi connectivity index (χ1v) is 8.31. The van der Waals surface area contributed by atoms with E-state index in [9.17, 15) is 0 Å². The van der Waals surface area contributed by atoms with E-state index >= 15 is 0 Å². The first-order valence-electron chi connectivity index (χ1n) is 8.31. The Labute approximate surface area is 128 Å². The highest BCUT2D eigenvalue weighted by Gasteiger charge is 2.34. The zero-order chi connectivity index (χ0) is 14.7. The number of ether oxygens (including phenoxy) is 1. The number of hydrogen-bond donors (Lipinski definition) is 0. The van der Waals surface area contributed by atoms with Gasteiger partial charge in [0.05, 0.1) is 0 Å². The fraction of sp³-hybridized carbons (Fsp3) is 0.667. The minimum atomic E-state index is 0.809. The van der Waals surface area contributed by atoms with E-state index in [0.717, 1.165) is 30.7 Å². The van der Waals surface area contributed by atoms with Crippen molar-refractivity contribution in [2.24, 2.45) is 11.8 Å². The highest BCUT2D eigenvalue weighted by molar-refractivity contribution is 5.26. The maximum Gasteiger partial charge on any atom is 0.119 e. The van der Waals surface area contributed by atoms with E-state index in [-0.39, 0.29) is 0 Å². The zero-order valence-corrected chi connectivity index (χ0v) is 13.4. The van der Waals surface area contributed by atoms with E-state index in [2.05, 4.69) is 48.0 Å². The summed E-state index contributed by atoms with van der Waals surface area (Å²) in [7, 11) is 2.24. The molecule has 2 heterocycles. The third-order valence-electron chi connectivity index (χ3n) is 5.11. The average molecular weight is 288 g/mol. The number of aryl methyl sites for hydroxylation is 1. The predicted molar refractivity (Wildman–Crippen MR) is 86.8 cm³/mol. The zero-order valence-electron chi connectivity index (χ0n) is 13.4. The summed E-state index contributed by atoms with van der Waals surface area (Å²) in [6, 6.07) is 8.34. The molecule has 0 aromatic heterocycles. The minimum absolute atomic E-state index is 0.809. The highest BCUT2D eigenvalue weighted by atomic mass is 16.5. The Hall–Kier alpha value is -1.06. The third kappa shape index (κ3) is 3.98. The first kappa shape index (κ1) is 14.9. The second-order valence-electron chi connectivity index (χ2n) is 6.82. The van der Waals surface area contributed by atoms with E-state index < -0.39 is 0 Å². The van der Waals surface area contributed by atoms with Gasteiger partial charge in [0.25, 0.3) is 0 Å². The van der Waals surface area contributed by atoms with Crippen molar-refractivity contribution in [1.82, 2.24) is 9.80 Å². The Morgan fingerprint density at radius 3 is 2.38 bits per heavy atom. The van der Waals surface area contributed by atoms with Gasteiger partial charge < -0.3 is 9.64 Å². The van der Waals surface area contributed by atoms with Crippen LogP contribution in [0.3, 0.4) is 0 Å². The van der Waals surface area contributed by atoms with Crippen molar-refractivity contribution < 1.29 is 4.74 Å². The topological polar surface area (TPSA) is 15.7 Å². The van der Waals surface area contributed by atoms with Gasteiger partial charge in [-0.2, -0.15) is 0 Å².